The molecule has 4 nitrogen and oxygen atoms in total. The van der Waals surface area contributed by atoms with Crippen LogP contribution in [-0.2, 0) is 17.6 Å². The lowest BCUT2D eigenvalue weighted by Gasteiger charge is -2.07. The fourth-order valence-corrected chi connectivity index (χ4v) is 3.16. The first-order valence-corrected chi connectivity index (χ1v) is 8.92. The fourth-order valence-electron chi connectivity index (χ4n) is 2.93. The van der Waals surface area contributed by atoms with E-state index in [2.05, 4.69) is 4.98 Å². The predicted octanol–water partition coefficient (Wildman–Crippen LogP) is 4.82. The van der Waals surface area contributed by atoms with Gasteiger partial charge >= 0.3 is 0 Å². The van der Waals surface area contributed by atoms with E-state index in [-0.39, 0.29) is 12.2 Å². The molecule has 0 atom stereocenters. The molecule has 27 heavy (non-hydrogen) atoms. The SMILES string of the molecule is COc1cc(CC(=O)/C=C/Cc2c(Cl)ncc3ccccc23)cc(OC)c1. The Morgan fingerprint density at radius 3 is 2.52 bits per heavy atom. The number of ketones is 1. The maximum atomic E-state index is 12.3. The molecule has 3 aromatic rings. The van der Waals surface area contributed by atoms with Gasteiger partial charge < -0.3 is 9.47 Å². The molecule has 0 saturated heterocycles. The van der Waals surface area contributed by atoms with Gasteiger partial charge in [0.2, 0.25) is 0 Å². The van der Waals surface area contributed by atoms with Gasteiger partial charge in [-0.15, -0.1) is 0 Å². The first-order chi connectivity index (χ1) is 13.1. The molecule has 0 aliphatic heterocycles. The lowest BCUT2D eigenvalue weighted by molar-refractivity contribution is -0.114. The molecule has 3 rings (SSSR count). The van der Waals surface area contributed by atoms with Gasteiger partial charge in [0.25, 0.3) is 0 Å². The number of carbonyl (C=O) groups is 1. The van der Waals surface area contributed by atoms with Crippen LogP contribution < -0.4 is 9.47 Å². The monoisotopic (exact) mass is 381 g/mol. The Bertz CT molecular complexity index is 976. The second-order valence-electron chi connectivity index (χ2n) is 6.09. The third kappa shape index (κ3) is 4.66. The van der Waals surface area contributed by atoms with Gasteiger partial charge in [0, 0.05) is 29.6 Å². The molecule has 0 spiro atoms. The van der Waals surface area contributed by atoms with Crippen LogP contribution in [0, 0.1) is 0 Å². The summed E-state index contributed by atoms with van der Waals surface area (Å²) in [4.78, 5) is 16.6. The molecule has 0 aliphatic rings. The quantitative estimate of drug-likeness (QED) is 0.435. The standard InChI is InChI=1S/C22H20ClNO3/c1-26-18-11-15(12-19(13-18)27-2)10-17(25)7-5-9-21-20-8-4-3-6-16(20)14-24-22(21)23/h3-8,11-14H,9-10H2,1-2H3/b7-5+. The van der Waals surface area contributed by atoms with E-state index in [1.165, 1.54) is 0 Å². The second-order valence-corrected chi connectivity index (χ2v) is 6.44. The molecule has 0 amide bonds. The van der Waals surface area contributed by atoms with Crippen molar-refractivity contribution < 1.29 is 14.3 Å². The average Bonchev–Trinajstić information content (AvgIpc) is 2.69. The number of fused-ring (bicyclic) bond motifs is 1. The van der Waals surface area contributed by atoms with Crippen molar-refractivity contribution in [3.63, 3.8) is 0 Å². The van der Waals surface area contributed by atoms with Gasteiger partial charge in [-0.3, -0.25) is 4.79 Å². The highest BCUT2D eigenvalue weighted by molar-refractivity contribution is 6.31. The van der Waals surface area contributed by atoms with Crippen LogP contribution in [0.25, 0.3) is 10.8 Å². The van der Waals surface area contributed by atoms with Gasteiger partial charge in [0.05, 0.1) is 14.2 Å². The molecule has 0 saturated carbocycles. The van der Waals surface area contributed by atoms with E-state index >= 15 is 0 Å². The maximum absolute atomic E-state index is 12.3. The third-order valence-corrected chi connectivity index (χ3v) is 4.59. The van der Waals surface area contributed by atoms with Gasteiger partial charge in [0.15, 0.2) is 5.78 Å². The lowest BCUT2D eigenvalue weighted by Crippen LogP contribution is -2.00. The zero-order valence-electron chi connectivity index (χ0n) is 15.2. The van der Waals surface area contributed by atoms with Gasteiger partial charge in [-0.05, 0) is 35.6 Å². The van der Waals surface area contributed by atoms with Crippen LogP contribution in [0.2, 0.25) is 5.15 Å². The van der Waals surface area contributed by atoms with E-state index in [1.807, 2.05) is 42.5 Å². The van der Waals surface area contributed by atoms with Crippen molar-refractivity contribution in [3.8, 4) is 11.5 Å². The van der Waals surface area contributed by atoms with E-state index in [0.29, 0.717) is 23.1 Å². The fraction of sp³-hybridized carbons (Fsp3) is 0.182. The van der Waals surface area contributed by atoms with E-state index < -0.39 is 0 Å². The van der Waals surface area contributed by atoms with Crippen LogP contribution in [0.4, 0.5) is 0 Å². The maximum Gasteiger partial charge on any atom is 0.159 e. The Morgan fingerprint density at radius 2 is 1.81 bits per heavy atom. The molecule has 1 aromatic heterocycles. The van der Waals surface area contributed by atoms with Crippen molar-refractivity contribution >= 4 is 28.2 Å². The molecule has 0 aliphatic carbocycles. The van der Waals surface area contributed by atoms with Gasteiger partial charge in [-0.2, -0.15) is 0 Å². The van der Waals surface area contributed by atoms with Crippen molar-refractivity contribution in [1.29, 1.82) is 0 Å². The smallest absolute Gasteiger partial charge is 0.159 e. The third-order valence-electron chi connectivity index (χ3n) is 4.27. The summed E-state index contributed by atoms with van der Waals surface area (Å²) in [6.45, 7) is 0. The second kappa shape index (κ2) is 8.69. The highest BCUT2D eigenvalue weighted by Gasteiger charge is 2.08. The summed E-state index contributed by atoms with van der Waals surface area (Å²) in [5, 5.41) is 2.54. The van der Waals surface area contributed by atoms with Crippen molar-refractivity contribution in [3.05, 3.63) is 77.1 Å². The molecule has 0 N–H and O–H groups in total. The largest absolute Gasteiger partial charge is 0.497 e. The van der Waals surface area contributed by atoms with Crippen molar-refractivity contribution in [2.45, 2.75) is 12.8 Å². The summed E-state index contributed by atoms with van der Waals surface area (Å²) < 4.78 is 10.5. The Hall–Kier alpha value is -2.85. The number of nitrogens with zero attached hydrogens (tertiary/aromatic N) is 1. The van der Waals surface area contributed by atoms with Crippen LogP contribution in [0.1, 0.15) is 11.1 Å². The normalized spacial score (nSPS) is 11.1. The van der Waals surface area contributed by atoms with Crippen LogP contribution in [-0.4, -0.2) is 25.0 Å². The Balaban J connectivity index is 1.72. The predicted molar refractivity (Wildman–Crippen MR) is 108 cm³/mol. The van der Waals surface area contributed by atoms with Crippen molar-refractivity contribution in [2.24, 2.45) is 0 Å². The number of hydrogen-bond acceptors (Lipinski definition) is 4. The van der Waals surface area contributed by atoms with Gasteiger partial charge in [-0.25, -0.2) is 4.98 Å². The van der Waals surface area contributed by atoms with E-state index in [1.54, 1.807) is 32.6 Å². The number of hydrogen-bond donors (Lipinski definition) is 0. The molecular formula is C22H20ClNO3. The summed E-state index contributed by atoms with van der Waals surface area (Å²) >= 11 is 6.26. The Kier molecular flexibility index (Phi) is 6.09. The molecule has 0 fully saturated rings. The number of methoxy groups -OCH3 is 2. The van der Waals surface area contributed by atoms with Crippen LogP contribution in [0.5, 0.6) is 11.5 Å². The summed E-state index contributed by atoms with van der Waals surface area (Å²) in [6, 6.07) is 13.4. The number of halogens is 1. The van der Waals surface area contributed by atoms with Crippen molar-refractivity contribution in [1.82, 2.24) is 4.98 Å². The summed E-state index contributed by atoms with van der Waals surface area (Å²) in [7, 11) is 3.17. The van der Waals surface area contributed by atoms with E-state index in [0.717, 1.165) is 21.9 Å². The number of benzene rings is 2. The highest BCUT2D eigenvalue weighted by Crippen LogP contribution is 2.25. The minimum Gasteiger partial charge on any atom is -0.497 e. The number of carbonyl (C=O) groups excluding carboxylic acids is 1. The first kappa shape index (κ1) is 18.9. The topological polar surface area (TPSA) is 48.4 Å². The highest BCUT2D eigenvalue weighted by atomic mass is 35.5. The molecule has 5 heteroatoms. The molecule has 2 aromatic carbocycles. The minimum absolute atomic E-state index is 0.00498. The lowest BCUT2D eigenvalue weighted by atomic mass is 10.0. The average molecular weight is 382 g/mol. The minimum atomic E-state index is -0.00498. The van der Waals surface area contributed by atoms with E-state index in [9.17, 15) is 4.79 Å². The molecule has 1 heterocycles. The van der Waals surface area contributed by atoms with Gasteiger partial charge in [0.1, 0.15) is 16.7 Å². The molecule has 138 valence electrons. The zero-order valence-corrected chi connectivity index (χ0v) is 16.0. The van der Waals surface area contributed by atoms with Crippen LogP contribution in [0.15, 0.2) is 60.8 Å². The molecule has 0 radical (unpaired) electrons. The van der Waals surface area contributed by atoms with Crippen LogP contribution >= 0.6 is 11.6 Å². The molecule has 0 bridgehead atoms. The summed E-state index contributed by atoms with van der Waals surface area (Å²) in [5.74, 6) is 1.32. The van der Waals surface area contributed by atoms with Gasteiger partial charge in [-0.1, -0.05) is 41.9 Å². The Labute approximate surface area is 163 Å². The van der Waals surface area contributed by atoms with E-state index in [4.69, 9.17) is 21.1 Å². The summed E-state index contributed by atoms with van der Waals surface area (Å²) in [5.41, 5.74) is 1.76. The van der Waals surface area contributed by atoms with Crippen molar-refractivity contribution in [2.75, 3.05) is 14.2 Å². The Morgan fingerprint density at radius 1 is 1.11 bits per heavy atom. The molecule has 0 unspecified atom stereocenters. The number of allylic oxidation sites excluding steroid dienone is 2. The number of aromatic nitrogens is 1. The number of ether oxygens (including phenoxy) is 2. The number of pyridine rings is 1. The number of rotatable bonds is 7. The zero-order chi connectivity index (χ0) is 19.2. The first-order valence-electron chi connectivity index (χ1n) is 8.54. The molecular weight excluding hydrogens is 362 g/mol. The summed E-state index contributed by atoms with van der Waals surface area (Å²) in [6.07, 6.45) is 5.98. The van der Waals surface area contributed by atoms with Crippen LogP contribution in [0.3, 0.4) is 0 Å².